The van der Waals surface area contributed by atoms with Crippen LogP contribution in [0, 0.1) is 6.92 Å². The van der Waals surface area contributed by atoms with Gasteiger partial charge in [-0.1, -0.05) is 24.3 Å². The van der Waals surface area contributed by atoms with Gasteiger partial charge in [-0.05, 0) is 61.7 Å². The van der Waals surface area contributed by atoms with Gasteiger partial charge in [0.1, 0.15) is 11.6 Å². The first-order chi connectivity index (χ1) is 14.7. The molecular weight excluding hydrogens is 376 g/mol. The molecule has 0 atom stereocenters. The average Bonchev–Trinajstić information content (AvgIpc) is 2.79. The summed E-state index contributed by atoms with van der Waals surface area (Å²) in [5.41, 5.74) is 3.33. The topological polar surface area (TPSA) is 58.6 Å². The van der Waals surface area contributed by atoms with Crippen molar-refractivity contribution < 1.29 is 9.53 Å². The Balaban J connectivity index is 1.26. The number of hydrogen-bond acceptors (Lipinski definition) is 5. The molecule has 1 saturated heterocycles. The van der Waals surface area contributed by atoms with Crippen LogP contribution in [0.1, 0.15) is 17.0 Å². The molecule has 2 aromatic heterocycles. The highest BCUT2D eigenvalue weighted by atomic mass is 16.6. The van der Waals surface area contributed by atoms with Crippen molar-refractivity contribution in [2.24, 2.45) is 0 Å². The maximum Gasteiger partial charge on any atom is 0.415 e. The highest BCUT2D eigenvalue weighted by molar-refractivity contribution is 5.71. The summed E-state index contributed by atoms with van der Waals surface area (Å²) in [5.74, 6) is 1.52. The van der Waals surface area contributed by atoms with Crippen LogP contribution in [-0.4, -0.2) is 47.1 Å². The van der Waals surface area contributed by atoms with E-state index in [1.807, 2.05) is 61.5 Å². The molecule has 0 aliphatic carbocycles. The van der Waals surface area contributed by atoms with Crippen molar-refractivity contribution in [1.82, 2.24) is 14.9 Å². The molecule has 1 aliphatic rings. The second kappa shape index (κ2) is 9.39. The first kappa shape index (κ1) is 19.9. The number of carbonyl (C=O) groups is 1. The molecule has 0 N–H and O–H groups in total. The fraction of sp³-hybridized carbons (Fsp3) is 0.292. The number of amides is 1. The van der Waals surface area contributed by atoms with E-state index in [4.69, 9.17) is 4.74 Å². The van der Waals surface area contributed by atoms with Crippen molar-refractivity contribution in [3.63, 3.8) is 0 Å². The van der Waals surface area contributed by atoms with E-state index in [0.29, 0.717) is 18.8 Å². The highest BCUT2D eigenvalue weighted by Gasteiger charge is 2.23. The zero-order valence-corrected chi connectivity index (χ0v) is 17.2. The predicted molar refractivity (Wildman–Crippen MR) is 117 cm³/mol. The van der Waals surface area contributed by atoms with Crippen LogP contribution in [0.25, 0.3) is 0 Å². The molecule has 0 spiro atoms. The SMILES string of the molecule is Cc1cccc(CCc2ccc(OC(=O)N3CCN(c4ccccn4)CC3)cc2)n1. The number of piperazine rings is 1. The molecule has 6 heteroatoms. The van der Waals surface area contributed by atoms with Crippen LogP contribution in [-0.2, 0) is 12.8 Å². The van der Waals surface area contributed by atoms with Crippen LogP contribution in [0.5, 0.6) is 5.75 Å². The predicted octanol–water partition coefficient (Wildman–Crippen LogP) is 3.89. The van der Waals surface area contributed by atoms with E-state index >= 15 is 0 Å². The molecule has 1 fully saturated rings. The number of aryl methyl sites for hydroxylation is 3. The van der Waals surface area contributed by atoms with E-state index < -0.39 is 0 Å². The Kier molecular flexibility index (Phi) is 6.23. The minimum absolute atomic E-state index is 0.299. The molecule has 1 aromatic carbocycles. The first-order valence-corrected chi connectivity index (χ1v) is 10.3. The number of aromatic nitrogens is 2. The van der Waals surface area contributed by atoms with Crippen molar-refractivity contribution in [2.45, 2.75) is 19.8 Å². The Labute approximate surface area is 177 Å². The van der Waals surface area contributed by atoms with Gasteiger partial charge < -0.3 is 14.5 Å². The number of hydrogen-bond donors (Lipinski definition) is 0. The van der Waals surface area contributed by atoms with E-state index in [9.17, 15) is 4.79 Å². The van der Waals surface area contributed by atoms with E-state index in [1.165, 1.54) is 5.56 Å². The van der Waals surface area contributed by atoms with Crippen LogP contribution >= 0.6 is 0 Å². The molecule has 0 bridgehead atoms. The Hall–Kier alpha value is -3.41. The van der Waals surface area contributed by atoms with Crippen LogP contribution in [0.15, 0.2) is 66.9 Å². The molecule has 6 nitrogen and oxygen atoms in total. The van der Waals surface area contributed by atoms with Crippen LogP contribution in [0.3, 0.4) is 0 Å². The Bertz CT molecular complexity index is 968. The average molecular weight is 402 g/mol. The summed E-state index contributed by atoms with van der Waals surface area (Å²) in [6.45, 7) is 4.75. The van der Waals surface area contributed by atoms with Crippen molar-refractivity contribution in [3.05, 3.63) is 83.8 Å². The molecule has 4 rings (SSSR count). The van der Waals surface area contributed by atoms with E-state index in [-0.39, 0.29) is 6.09 Å². The lowest BCUT2D eigenvalue weighted by Crippen LogP contribution is -2.49. The van der Waals surface area contributed by atoms with Gasteiger partial charge in [0.05, 0.1) is 0 Å². The third kappa shape index (κ3) is 5.14. The van der Waals surface area contributed by atoms with Gasteiger partial charge in [0.25, 0.3) is 0 Å². The third-order valence-corrected chi connectivity index (χ3v) is 5.26. The smallest absolute Gasteiger partial charge is 0.410 e. The van der Waals surface area contributed by atoms with Crippen LogP contribution in [0.4, 0.5) is 10.6 Å². The van der Waals surface area contributed by atoms with Gasteiger partial charge in [-0.15, -0.1) is 0 Å². The van der Waals surface area contributed by atoms with Gasteiger partial charge in [-0.25, -0.2) is 9.78 Å². The quantitative estimate of drug-likeness (QED) is 0.648. The fourth-order valence-electron chi connectivity index (χ4n) is 3.56. The standard InChI is InChI=1S/C24H26N4O2/c1-19-5-4-6-21(26-19)11-8-20-9-12-22(13-10-20)30-24(29)28-17-15-27(16-18-28)23-7-2-3-14-25-23/h2-7,9-10,12-14H,8,11,15-18H2,1H3. The highest BCUT2D eigenvalue weighted by Crippen LogP contribution is 2.17. The lowest BCUT2D eigenvalue weighted by molar-refractivity contribution is 0.149. The monoisotopic (exact) mass is 402 g/mol. The number of carbonyl (C=O) groups excluding carboxylic acids is 1. The van der Waals surface area contributed by atoms with Gasteiger partial charge in [0.15, 0.2) is 0 Å². The second-order valence-electron chi connectivity index (χ2n) is 7.44. The molecule has 0 radical (unpaired) electrons. The van der Waals surface area contributed by atoms with Crippen LogP contribution in [0.2, 0.25) is 0 Å². The van der Waals surface area contributed by atoms with E-state index in [2.05, 4.69) is 20.9 Å². The fourth-order valence-corrected chi connectivity index (χ4v) is 3.56. The number of pyridine rings is 2. The number of ether oxygens (including phenoxy) is 1. The largest absolute Gasteiger partial charge is 0.415 e. The van der Waals surface area contributed by atoms with Crippen molar-refractivity contribution >= 4 is 11.9 Å². The molecule has 3 heterocycles. The van der Waals surface area contributed by atoms with Crippen molar-refractivity contribution in [1.29, 1.82) is 0 Å². The number of rotatable bonds is 5. The van der Waals surface area contributed by atoms with Gasteiger partial charge in [-0.3, -0.25) is 4.98 Å². The Morgan fingerprint density at radius 1 is 0.933 bits per heavy atom. The maximum absolute atomic E-state index is 12.5. The molecule has 30 heavy (non-hydrogen) atoms. The molecule has 154 valence electrons. The minimum atomic E-state index is -0.299. The van der Waals surface area contributed by atoms with Gasteiger partial charge in [-0.2, -0.15) is 0 Å². The summed E-state index contributed by atoms with van der Waals surface area (Å²) in [5, 5.41) is 0. The summed E-state index contributed by atoms with van der Waals surface area (Å²) >= 11 is 0. The molecule has 1 aliphatic heterocycles. The van der Waals surface area contributed by atoms with Gasteiger partial charge in [0, 0.05) is 43.8 Å². The molecule has 3 aromatic rings. The summed E-state index contributed by atoms with van der Waals surface area (Å²) in [4.78, 5) is 25.3. The normalized spacial score (nSPS) is 13.9. The van der Waals surface area contributed by atoms with E-state index in [0.717, 1.165) is 43.1 Å². The zero-order valence-electron chi connectivity index (χ0n) is 17.2. The molecule has 0 unspecified atom stereocenters. The maximum atomic E-state index is 12.5. The number of benzene rings is 1. The number of nitrogens with zero attached hydrogens (tertiary/aromatic N) is 4. The lowest BCUT2D eigenvalue weighted by Gasteiger charge is -2.34. The van der Waals surface area contributed by atoms with Crippen LogP contribution < -0.4 is 9.64 Å². The van der Waals surface area contributed by atoms with Gasteiger partial charge >= 0.3 is 6.09 Å². The third-order valence-electron chi connectivity index (χ3n) is 5.26. The molecular formula is C24H26N4O2. The minimum Gasteiger partial charge on any atom is -0.410 e. The number of anilines is 1. The summed E-state index contributed by atoms with van der Waals surface area (Å²) < 4.78 is 5.57. The second-order valence-corrected chi connectivity index (χ2v) is 7.44. The summed E-state index contributed by atoms with van der Waals surface area (Å²) in [6.07, 6.45) is 3.28. The Morgan fingerprint density at radius 3 is 2.43 bits per heavy atom. The van der Waals surface area contributed by atoms with E-state index in [1.54, 1.807) is 11.1 Å². The first-order valence-electron chi connectivity index (χ1n) is 10.3. The summed E-state index contributed by atoms with van der Waals surface area (Å²) in [7, 11) is 0. The molecule has 1 amide bonds. The lowest BCUT2D eigenvalue weighted by atomic mass is 10.1. The van der Waals surface area contributed by atoms with Crippen molar-refractivity contribution in [2.75, 3.05) is 31.1 Å². The van der Waals surface area contributed by atoms with Crippen molar-refractivity contribution in [3.8, 4) is 5.75 Å². The van der Waals surface area contributed by atoms with Gasteiger partial charge in [0.2, 0.25) is 0 Å². The summed E-state index contributed by atoms with van der Waals surface area (Å²) in [6, 6.07) is 19.7. The Morgan fingerprint density at radius 2 is 1.73 bits per heavy atom. The zero-order chi connectivity index (χ0) is 20.8. The molecule has 0 saturated carbocycles.